The van der Waals surface area contributed by atoms with Gasteiger partial charge in [0.15, 0.2) is 0 Å². The number of rotatable bonds is 4. The molecule has 3 N–H and O–H groups in total. The van der Waals surface area contributed by atoms with Crippen molar-refractivity contribution in [1.82, 2.24) is 5.32 Å². The van der Waals surface area contributed by atoms with E-state index >= 15 is 0 Å². The number of hydrogen-bond acceptors (Lipinski definition) is 2. The molecule has 0 saturated heterocycles. The predicted molar refractivity (Wildman–Crippen MR) is 70.3 cm³/mol. The summed E-state index contributed by atoms with van der Waals surface area (Å²) in [6, 6.07) is 5.19. The molecule has 1 unspecified atom stereocenters. The van der Waals surface area contributed by atoms with E-state index in [4.69, 9.17) is 5.73 Å². The molecule has 3 nitrogen and oxygen atoms in total. The highest BCUT2D eigenvalue weighted by atomic mass is 79.9. The summed E-state index contributed by atoms with van der Waals surface area (Å²) in [6.45, 7) is 4.92. The van der Waals surface area contributed by atoms with Crippen LogP contribution in [-0.4, -0.2) is 12.5 Å². The van der Waals surface area contributed by atoms with Crippen molar-refractivity contribution >= 4 is 27.5 Å². The Morgan fingerprint density at radius 2 is 2.25 bits per heavy atom. The summed E-state index contributed by atoms with van der Waals surface area (Å²) in [5, 5.41) is 2.90. The Balaban J connectivity index is 2.63. The van der Waals surface area contributed by atoms with Gasteiger partial charge in [0.2, 0.25) is 0 Å². The van der Waals surface area contributed by atoms with Gasteiger partial charge in [-0.3, -0.25) is 4.79 Å². The lowest BCUT2D eigenvalue weighted by Crippen LogP contribution is -2.28. The first-order valence-corrected chi connectivity index (χ1v) is 6.17. The number of carbonyl (C=O) groups is 1. The Kier molecular flexibility index (Phi) is 4.80. The Labute approximate surface area is 105 Å². The van der Waals surface area contributed by atoms with Gasteiger partial charge in [-0.15, -0.1) is 0 Å². The molecule has 0 fully saturated rings. The Hall–Kier alpha value is -1.03. The predicted octanol–water partition coefficient (Wildman–Crippen LogP) is 2.81. The molecular formula is C12H17BrN2O. The third-order valence-corrected chi connectivity index (χ3v) is 3.26. The molecule has 88 valence electrons. The van der Waals surface area contributed by atoms with Crippen molar-refractivity contribution in [3.8, 4) is 0 Å². The highest BCUT2D eigenvalue weighted by molar-refractivity contribution is 9.10. The van der Waals surface area contributed by atoms with Gasteiger partial charge >= 0.3 is 0 Å². The average molecular weight is 285 g/mol. The van der Waals surface area contributed by atoms with E-state index in [-0.39, 0.29) is 5.91 Å². The maximum Gasteiger partial charge on any atom is 0.251 e. The maximum atomic E-state index is 11.8. The Morgan fingerprint density at radius 3 is 2.81 bits per heavy atom. The number of benzene rings is 1. The molecule has 0 aliphatic rings. The summed E-state index contributed by atoms with van der Waals surface area (Å²) in [7, 11) is 0. The molecule has 0 aromatic heterocycles. The summed E-state index contributed by atoms with van der Waals surface area (Å²) in [5.74, 6) is 0.446. The van der Waals surface area contributed by atoms with Crippen molar-refractivity contribution in [2.45, 2.75) is 20.3 Å². The van der Waals surface area contributed by atoms with Crippen molar-refractivity contribution in [3.05, 3.63) is 28.2 Å². The molecule has 0 aliphatic heterocycles. The highest BCUT2D eigenvalue weighted by Gasteiger charge is 2.08. The number of anilines is 1. The molecule has 0 heterocycles. The van der Waals surface area contributed by atoms with Crippen LogP contribution in [0.4, 0.5) is 5.69 Å². The molecular weight excluding hydrogens is 268 g/mol. The van der Waals surface area contributed by atoms with Gasteiger partial charge in [-0.05, 0) is 40.0 Å². The van der Waals surface area contributed by atoms with E-state index in [0.29, 0.717) is 23.7 Å². The molecule has 0 saturated carbocycles. The molecule has 1 amide bonds. The second-order valence-corrected chi connectivity index (χ2v) is 4.81. The van der Waals surface area contributed by atoms with Crippen LogP contribution in [-0.2, 0) is 0 Å². The minimum absolute atomic E-state index is 0.0546. The van der Waals surface area contributed by atoms with Crippen molar-refractivity contribution in [2.24, 2.45) is 5.92 Å². The van der Waals surface area contributed by atoms with E-state index in [9.17, 15) is 4.79 Å². The van der Waals surface area contributed by atoms with Crippen LogP contribution in [0.5, 0.6) is 0 Å². The van der Waals surface area contributed by atoms with Gasteiger partial charge in [-0.1, -0.05) is 20.3 Å². The smallest absolute Gasteiger partial charge is 0.251 e. The Bertz CT molecular complexity index is 379. The Morgan fingerprint density at radius 1 is 1.56 bits per heavy atom. The first-order valence-electron chi connectivity index (χ1n) is 5.37. The third kappa shape index (κ3) is 3.52. The quantitative estimate of drug-likeness (QED) is 0.836. The van der Waals surface area contributed by atoms with Crippen LogP contribution in [0, 0.1) is 5.92 Å². The maximum absolute atomic E-state index is 11.8. The van der Waals surface area contributed by atoms with Crippen molar-refractivity contribution in [2.75, 3.05) is 12.3 Å². The normalized spacial score (nSPS) is 12.2. The van der Waals surface area contributed by atoms with Crippen LogP contribution in [0.2, 0.25) is 0 Å². The molecule has 1 aromatic carbocycles. The number of carbonyl (C=O) groups excluding carboxylic acids is 1. The second kappa shape index (κ2) is 5.89. The minimum atomic E-state index is -0.0546. The first-order chi connectivity index (χ1) is 7.54. The van der Waals surface area contributed by atoms with Gasteiger partial charge < -0.3 is 11.1 Å². The highest BCUT2D eigenvalue weighted by Crippen LogP contribution is 2.20. The number of nitrogen functional groups attached to an aromatic ring is 1. The molecule has 0 bridgehead atoms. The fourth-order valence-corrected chi connectivity index (χ4v) is 1.56. The number of hydrogen-bond donors (Lipinski definition) is 2. The summed E-state index contributed by atoms with van der Waals surface area (Å²) in [4.78, 5) is 11.8. The van der Waals surface area contributed by atoms with Gasteiger partial charge in [0.1, 0.15) is 0 Å². The van der Waals surface area contributed by atoms with E-state index in [1.807, 2.05) is 0 Å². The second-order valence-electron chi connectivity index (χ2n) is 3.96. The summed E-state index contributed by atoms with van der Waals surface area (Å²) in [6.07, 6.45) is 1.06. The molecule has 1 aromatic rings. The van der Waals surface area contributed by atoms with E-state index in [1.54, 1.807) is 18.2 Å². The summed E-state index contributed by atoms with van der Waals surface area (Å²) < 4.78 is 0.753. The van der Waals surface area contributed by atoms with Gasteiger partial charge in [0, 0.05) is 22.3 Å². The SMILES string of the molecule is CCC(C)CNC(=O)c1ccc(N)c(Br)c1. The van der Waals surface area contributed by atoms with E-state index in [2.05, 4.69) is 35.1 Å². The molecule has 0 spiro atoms. The zero-order valence-electron chi connectivity index (χ0n) is 9.59. The lowest BCUT2D eigenvalue weighted by Gasteiger charge is -2.10. The van der Waals surface area contributed by atoms with E-state index in [1.165, 1.54) is 0 Å². The molecule has 4 heteroatoms. The topological polar surface area (TPSA) is 55.1 Å². The van der Waals surface area contributed by atoms with Gasteiger partial charge in [-0.2, -0.15) is 0 Å². The van der Waals surface area contributed by atoms with Crippen LogP contribution >= 0.6 is 15.9 Å². The van der Waals surface area contributed by atoms with Gasteiger partial charge in [-0.25, -0.2) is 0 Å². The third-order valence-electron chi connectivity index (χ3n) is 2.57. The van der Waals surface area contributed by atoms with E-state index < -0.39 is 0 Å². The van der Waals surface area contributed by atoms with Crippen LogP contribution in [0.1, 0.15) is 30.6 Å². The van der Waals surface area contributed by atoms with Crippen LogP contribution in [0.15, 0.2) is 22.7 Å². The van der Waals surface area contributed by atoms with Crippen molar-refractivity contribution in [1.29, 1.82) is 0 Å². The molecule has 1 rings (SSSR count). The number of amides is 1. The van der Waals surface area contributed by atoms with Gasteiger partial charge in [0.05, 0.1) is 0 Å². The lowest BCUT2D eigenvalue weighted by atomic mass is 10.1. The standard InChI is InChI=1S/C12H17BrN2O/c1-3-8(2)7-15-12(16)9-4-5-11(14)10(13)6-9/h4-6,8H,3,7,14H2,1-2H3,(H,15,16). The van der Waals surface area contributed by atoms with E-state index in [0.717, 1.165) is 10.9 Å². The minimum Gasteiger partial charge on any atom is -0.398 e. The monoisotopic (exact) mass is 284 g/mol. The van der Waals surface area contributed by atoms with Crippen molar-refractivity contribution < 1.29 is 4.79 Å². The molecule has 16 heavy (non-hydrogen) atoms. The largest absolute Gasteiger partial charge is 0.398 e. The van der Waals surface area contributed by atoms with Crippen molar-refractivity contribution in [3.63, 3.8) is 0 Å². The fourth-order valence-electron chi connectivity index (χ4n) is 1.18. The lowest BCUT2D eigenvalue weighted by molar-refractivity contribution is 0.0948. The number of nitrogens with one attached hydrogen (secondary N) is 1. The molecule has 0 aliphatic carbocycles. The fraction of sp³-hybridized carbons (Fsp3) is 0.417. The van der Waals surface area contributed by atoms with Crippen LogP contribution in [0.3, 0.4) is 0 Å². The van der Waals surface area contributed by atoms with Gasteiger partial charge in [0.25, 0.3) is 5.91 Å². The first kappa shape index (κ1) is 13.0. The number of halogens is 1. The zero-order chi connectivity index (χ0) is 12.1. The molecule has 0 radical (unpaired) electrons. The number of nitrogens with two attached hydrogens (primary N) is 1. The summed E-state index contributed by atoms with van der Waals surface area (Å²) >= 11 is 3.30. The van der Waals surface area contributed by atoms with Crippen LogP contribution in [0.25, 0.3) is 0 Å². The van der Waals surface area contributed by atoms with Crippen LogP contribution < -0.4 is 11.1 Å². The summed E-state index contributed by atoms with van der Waals surface area (Å²) in [5.41, 5.74) is 6.92. The average Bonchev–Trinajstić information content (AvgIpc) is 2.29. The molecule has 1 atom stereocenters. The zero-order valence-corrected chi connectivity index (χ0v) is 11.2.